The first-order chi connectivity index (χ1) is 7.69. The lowest BCUT2D eigenvalue weighted by molar-refractivity contribution is -0.116. The molecule has 84 valence electrons. The van der Waals surface area contributed by atoms with Crippen molar-refractivity contribution in [3.05, 3.63) is 41.3 Å². The fourth-order valence-electron chi connectivity index (χ4n) is 2.01. The zero-order valence-corrected chi connectivity index (χ0v) is 9.24. The Hall–Kier alpha value is -1.64. The number of hydrogen-bond acceptors (Lipinski definition) is 1. The predicted molar refractivity (Wildman–Crippen MR) is 61.1 cm³/mol. The predicted octanol–water partition coefficient (Wildman–Crippen LogP) is 2.73. The molecule has 1 aromatic rings. The lowest BCUT2D eigenvalue weighted by Crippen LogP contribution is -2.20. The summed E-state index contributed by atoms with van der Waals surface area (Å²) in [7, 11) is 0. The first kappa shape index (κ1) is 10.9. The van der Waals surface area contributed by atoms with Gasteiger partial charge in [0.15, 0.2) is 0 Å². The Bertz CT molecular complexity index is 419. The molecule has 2 rings (SSSR count). The number of carbonyl (C=O) groups excluding carboxylic acids is 1. The van der Waals surface area contributed by atoms with Gasteiger partial charge in [0.1, 0.15) is 5.82 Å². The summed E-state index contributed by atoms with van der Waals surface area (Å²) >= 11 is 0. The summed E-state index contributed by atoms with van der Waals surface area (Å²) in [6.07, 6.45) is 4.45. The van der Waals surface area contributed by atoms with E-state index < -0.39 is 0 Å². The summed E-state index contributed by atoms with van der Waals surface area (Å²) in [6.45, 7) is 2.62. The van der Waals surface area contributed by atoms with Crippen LogP contribution >= 0.6 is 0 Å². The first-order valence-corrected chi connectivity index (χ1v) is 5.38. The summed E-state index contributed by atoms with van der Waals surface area (Å²) in [5.41, 5.74) is 2.81. The molecular weight excluding hydrogens is 205 g/mol. The molecule has 0 saturated carbocycles. The van der Waals surface area contributed by atoms with Crippen LogP contribution in [-0.2, 0) is 4.79 Å². The Labute approximate surface area is 94.4 Å². The molecule has 1 aliphatic heterocycles. The molecule has 0 spiro atoms. The van der Waals surface area contributed by atoms with Gasteiger partial charge >= 0.3 is 0 Å². The number of benzene rings is 1. The van der Waals surface area contributed by atoms with Crippen LogP contribution in [0.4, 0.5) is 4.39 Å². The quantitative estimate of drug-likeness (QED) is 0.700. The fraction of sp³-hybridized carbons (Fsp3) is 0.308. The molecule has 1 aliphatic rings. The Morgan fingerprint density at radius 1 is 1.38 bits per heavy atom. The van der Waals surface area contributed by atoms with Gasteiger partial charge in [-0.2, -0.15) is 0 Å². The van der Waals surface area contributed by atoms with E-state index in [9.17, 15) is 9.18 Å². The average molecular weight is 219 g/mol. The molecule has 0 bridgehead atoms. The van der Waals surface area contributed by atoms with Crippen LogP contribution in [0, 0.1) is 12.7 Å². The molecule has 0 unspecified atom stereocenters. The smallest absolute Gasteiger partial charge is 0.213 e. The summed E-state index contributed by atoms with van der Waals surface area (Å²) in [5, 5.41) is 0. The van der Waals surface area contributed by atoms with Crippen molar-refractivity contribution >= 4 is 12.0 Å². The Morgan fingerprint density at radius 2 is 2.19 bits per heavy atom. The highest BCUT2D eigenvalue weighted by molar-refractivity contribution is 5.69. The molecule has 1 amide bonds. The lowest BCUT2D eigenvalue weighted by Gasteiger charge is -2.21. The van der Waals surface area contributed by atoms with Crippen LogP contribution in [0.25, 0.3) is 5.57 Å². The Morgan fingerprint density at radius 3 is 2.88 bits per heavy atom. The fourth-order valence-corrected chi connectivity index (χ4v) is 2.01. The Balaban J connectivity index is 2.36. The summed E-state index contributed by atoms with van der Waals surface area (Å²) in [4.78, 5) is 12.3. The van der Waals surface area contributed by atoms with Gasteiger partial charge in [-0.3, -0.25) is 4.79 Å². The van der Waals surface area contributed by atoms with Gasteiger partial charge in [0.25, 0.3) is 0 Å². The maximum absolute atomic E-state index is 13.3. The maximum atomic E-state index is 13.3. The molecule has 0 aliphatic carbocycles. The zero-order chi connectivity index (χ0) is 11.5. The van der Waals surface area contributed by atoms with Crippen molar-refractivity contribution < 1.29 is 9.18 Å². The molecule has 3 heteroatoms. The zero-order valence-electron chi connectivity index (χ0n) is 9.24. The van der Waals surface area contributed by atoms with E-state index >= 15 is 0 Å². The standard InChI is InChI=1S/C13H14FNO/c1-10-5-12(7-13(14)6-10)11-3-2-4-15(8-11)9-16/h5-9H,2-4H2,1H3. The molecule has 0 radical (unpaired) electrons. The van der Waals surface area contributed by atoms with Gasteiger partial charge in [-0.25, -0.2) is 4.39 Å². The molecule has 1 heterocycles. The molecular formula is C13H14FNO. The second kappa shape index (κ2) is 4.47. The third kappa shape index (κ3) is 2.30. The van der Waals surface area contributed by atoms with E-state index in [4.69, 9.17) is 0 Å². The van der Waals surface area contributed by atoms with Crippen molar-refractivity contribution in [2.75, 3.05) is 6.54 Å². The van der Waals surface area contributed by atoms with Gasteiger partial charge in [0, 0.05) is 12.7 Å². The number of rotatable bonds is 2. The number of carbonyl (C=O) groups is 1. The van der Waals surface area contributed by atoms with Crippen LogP contribution in [-0.4, -0.2) is 17.9 Å². The summed E-state index contributed by atoms with van der Waals surface area (Å²) in [6, 6.07) is 4.97. The van der Waals surface area contributed by atoms with Crippen molar-refractivity contribution in [2.45, 2.75) is 19.8 Å². The second-order valence-corrected chi connectivity index (χ2v) is 4.12. The number of allylic oxidation sites excluding steroid dienone is 1. The van der Waals surface area contributed by atoms with Crippen molar-refractivity contribution in [1.82, 2.24) is 4.90 Å². The van der Waals surface area contributed by atoms with Crippen molar-refractivity contribution in [3.63, 3.8) is 0 Å². The highest BCUT2D eigenvalue weighted by Crippen LogP contribution is 2.25. The van der Waals surface area contributed by atoms with E-state index in [2.05, 4.69) is 0 Å². The largest absolute Gasteiger partial charge is 0.321 e. The molecule has 1 aromatic carbocycles. The third-order valence-corrected chi connectivity index (χ3v) is 2.73. The molecule has 16 heavy (non-hydrogen) atoms. The second-order valence-electron chi connectivity index (χ2n) is 4.12. The van der Waals surface area contributed by atoms with Crippen molar-refractivity contribution in [3.8, 4) is 0 Å². The number of amides is 1. The lowest BCUT2D eigenvalue weighted by atomic mass is 9.98. The van der Waals surface area contributed by atoms with Gasteiger partial charge < -0.3 is 4.90 Å². The van der Waals surface area contributed by atoms with E-state index in [1.54, 1.807) is 4.90 Å². The van der Waals surface area contributed by atoms with E-state index in [0.717, 1.165) is 42.5 Å². The Kier molecular flexibility index (Phi) is 3.04. The van der Waals surface area contributed by atoms with E-state index in [-0.39, 0.29) is 5.82 Å². The van der Waals surface area contributed by atoms with Gasteiger partial charge in [0.2, 0.25) is 6.41 Å². The SMILES string of the molecule is Cc1cc(F)cc(C2=CN(C=O)CCC2)c1. The normalized spacial score (nSPS) is 15.9. The van der Waals surface area contributed by atoms with E-state index in [1.807, 2.05) is 19.2 Å². The van der Waals surface area contributed by atoms with Crippen LogP contribution in [0.3, 0.4) is 0 Å². The minimum Gasteiger partial charge on any atom is -0.321 e. The molecule has 2 nitrogen and oxygen atoms in total. The maximum Gasteiger partial charge on any atom is 0.213 e. The monoisotopic (exact) mass is 219 g/mol. The first-order valence-electron chi connectivity index (χ1n) is 5.38. The van der Waals surface area contributed by atoms with E-state index in [1.165, 1.54) is 12.1 Å². The van der Waals surface area contributed by atoms with Crippen LogP contribution in [0.1, 0.15) is 24.0 Å². The number of aryl methyl sites for hydroxylation is 1. The van der Waals surface area contributed by atoms with Crippen molar-refractivity contribution in [1.29, 1.82) is 0 Å². The molecule has 0 N–H and O–H groups in total. The van der Waals surface area contributed by atoms with Crippen LogP contribution < -0.4 is 0 Å². The molecule has 0 atom stereocenters. The highest BCUT2D eigenvalue weighted by Gasteiger charge is 2.11. The number of halogens is 1. The van der Waals surface area contributed by atoms with Crippen LogP contribution in [0.5, 0.6) is 0 Å². The molecule has 0 fully saturated rings. The highest BCUT2D eigenvalue weighted by atomic mass is 19.1. The summed E-state index contributed by atoms with van der Waals surface area (Å²) in [5.74, 6) is -0.223. The van der Waals surface area contributed by atoms with E-state index in [0.29, 0.717) is 0 Å². The van der Waals surface area contributed by atoms with Gasteiger partial charge in [-0.1, -0.05) is 6.07 Å². The van der Waals surface area contributed by atoms with Crippen molar-refractivity contribution in [2.24, 2.45) is 0 Å². The average Bonchev–Trinajstić information content (AvgIpc) is 2.28. The number of hydrogen-bond donors (Lipinski definition) is 0. The molecule has 0 saturated heterocycles. The van der Waals surface area contributed by atoms with Gasteiger partial charge in [0.05, 0.1) is 0 Å². The van der Waals surface area contributed by atoms with Crippen LogP contribution in [0.15, 0.2) is 24.4 Å². The third-order valence-electron chi connectivity index (χ3n) is 2.73. The van der Waals surface area contributed by atoms with Gasteiger partial charge in [-0.05, 0) is 48.6 Å². The topological polar surface area (TPSA) is 20.3 Å². The number of nitrogens with zero attached hydrogens (tertiary/aromatic N) is 1. The van der Waals surface area contributed by atoms with Crippen LogP contribution in [0.2, 0.25) is 0 Å². The minimum atomic E-state index is -0.223. The minimum absolute atomic E-state index is 0.223. The molecule has 0 aromatic heterocycles. The summed E-state index contributed by atoms with van der Waals surface area (Å²) < 4.78 is 13.3. The van der Waals surface area contributed by atoms with Gasteiger partial charge in [-0.15, -0.1) is 0 Å².